The highest BCUT2D eigenvalue weighted by atomic mass is 32.2. The van der Waals surface area contributed by atoms with Crippen molar-refractivity contribution in [2.24, 2.45) is 5.16 Å². The largest absolute Gasteiger partial charge is 0.492 e. The third kappa shape index (κ3) is 4.59. The van der Waals surface area contributed by atoms with Crippen molar-refractivity contribution in [1.29, 1.82) is 0 Å². The molecule has 0 saturated carbocycles. The van der Waals surface area contributed by atoms with Gasteiger partial charge in [-0.3, -0.25) is 4.40 Å². The molecule has 2 aromatic heterocycles. The molecule has 0 aromatic carbocycles. The number of aromatic nitrogens is 3. The maximum Gasteiger partial charge on any atom is 0.410 e. The van der Waals surface area contributed by atoms with Gasteiger partial charge >= 0.3 is 6.09 Å². The van der Waals surface area contributed by atoms with E-state index in [1.165, 1.54) is 18.0 Å². The molecule has 170 valence electrons. The second-order valence-corrected chi connectivity index (χ2v) is 9.47. The first-order valence-electron chi connectivity index (χ1n) is 10.4. The first-order valence-corrected chi connectivity index (χ1v) is 11.6. The predicted molar refractivity (Wildman–Crippen MR) is 123 cm³/mol. The predicted octanol–water partition coefficient (Wildman–Crippen LogP) is 4.07. The molecule has 2 aliphatic heterocycles. The van der Waals surface area contributed by atoms with Gasteiger partial charge in [-0.15, -0.1) is 11.8 Å². The Hall–Kier alpha value is -3.01. The van der Waals surface area contributed by atoms with Gasteiger partial charge in [-0.05, 0) is 39.0 Å². The second-order valence-electron chi connectivity index (χ2n) is 8.68. The lowest BCUT2D eigenvalue weighted by Gasteiger charge is -2.30. The van der Waals surface area contributed by atoms with Crippen LogP contribution in [0.25, 0.3) is 16.8 Å². The first kappa shape index (κ1) is 22.2. The van der Waals surface area contributed by atoms with Gasteiger partial charge in [-0.25, -0.2) is 14.8 Å². The lowest BCUT2D eigenvalue weighted by atomic mass is 10.1. The number of rotatable bonds is 4. The highest BCUT2D eigenvalue weighted by Crippen LogP contribution is 2.31. The number of nitrogens with zero attached hydrogens (tertiary/aromatic N) is 5. The van der Waals surface area contributed by atoms with Gasteiger partial charge < -0.3 is 19.6 Å². The van der Waals surface area contributed by atoms with Gasteiger partial charge in [0.25, 0.3) is 0 Å². The number of hydrogen-bond acceptors (Lipinski definition) is 8. The van der Waals surface area contributed by atoms with Gasteiger partial charge in [0.2, 0.25) is 0 Å². The van der Waals surface area contributed by atoms with Gasteiger partial charge in [0.15, 0.2) is 5.65 Å². The van der Waals surface area contributed by atoms with E-state index in [1.807, 2.05) is 37.6 Å². The van der Waals surface area contributed by atoms with E-state index < -0.39 is 5.60 Å². The molecule has 0 fully saturated rings. The van der Waals surface area contributed by atoms with Crippen LogP contribution in [0.5, 0.6) is 0 Å². The molecule has 1 N–H and O–H groups in total. The van der Waals surface area contributed by atoms with Crippen LogP contribution in [-0.2, 0) is 9.47 Å². The first-order chi connectivity index (χ1) is 15.3. The minimum atomic E-state index is -0.539. The number of oxime groups is 1. The molecule has 0 aliphatic carbocycles. The minimum absolute atomic E-state index is 0.301. The fraction of sp³-hybridized carbons (Fsp3) is 0.455. The molecule has 0 saturated heterocycles. The zero-order chi connectivity index (χ0) is 22.9. The summed E-state index contributed by atoms with van der Waals surface area (Å²) in [6, 6.07) is 0. The van der Waals surface area contributed by atoms with Crippen LogP contribution in [-0.4, -0.2) is 67.8 Å². The van der Waals surface area contributed by atoms with Crippen LogP contribution in [0, 0.1) is 0 Å². The average molecular weight is 458 g/mol. The molecule has 1 unspecified atom stereocenters. The molecular formula is C22H27N5O4S. The van der Waals surface area contributed by atoms with Crippen molar-refractivity contribution in [2.75, 3.05) is 19.3 Å². The van der Waals surface area contributed by atoms with Crippen molar-refractivity contribution in [3.05, 3.63) is 36.1 Å². The summed E-state index contributed by atoms with van der Waals surface area (Å²) in [5.74, 6) is 0. The highest BCUT2D eigenvalue weighted by Gasteiger charge is 2.26. The van der Waals surface area contributed by atoms with Gasteiger partial charge in [0.1, 0.15) is 16.7 Å². The van der Waals surface area contributed by atoms with Crippen LogP contribution in [0.15, 0.2) is 34.9 Å². The molecule has 4 heterocycles. The zero-order valence-corrected chi connectivity index (χ0v) is 19.4. The lowest BCUT2D eigenvalue weighted by Crippen LogP contribution is -2.39. The molecule has 2 aromatic rings. The van der Waals surface area contributed by atoms with Crippen LogP contribution >= 0.6 is 11.8 Å². The lowest BCUT2D eigenvalue weighted by molar-refractivity contribution is 0.0273. The van der Waals surface area contributed by atoms with E-state index in [1.54, 1.807) is 17.4 Å². The van der Waals surface area contributed by atoms with E-state index in [0.29, 0.717) is 19.5 Å². The number of carbonyl (C=O) groups excluding carboxylic acids is 1. The van der Waals surface area contributed by atoms with E-state index in [0.717, 1.165) is 39.6 Å². The van der Waals surface area contributed by atoms with Crippen LogP contribution in [0.1, 0.15) is 45.0 Å². The van der Waals surface area contributed by atoms with E-state index >= 15 is 0 Å². The zero-order valence-electron chi connectivity index (χ0n) is 18.6. The Morgan fingerprint density at radius 1 is 1.41 bits per heavy atom. The molecule has 9 nitrogen and oxygen atoms in total. The van der Waals surface area contributed by atoms with E-state index in [2.05, 4.69) is 16.2 Å². The Morgan fingerprint density at radius 3 is 2.94 bits per heavy atom. The van der Waals surface area contributed by atoms with Crippen LogP contribution in [0.2, 0.25) is 0 Å². The SMILES string of the molecule is CSc1nc(C2=CCCN(C(=O)OC(C)(C)C)C2)cn2c(C3=COC(/C=N/O)C3)cnc12. The number of carbonyl (C=O) groups is 1. The summed E-state index contributed by atoms with van der Waals surface area (Å²) in [5, 5.41) is 12.7. The molecule has 1 amide bonds. The molecule has 4 rings (SSSR count). The Morgan fingerprint density at radius 2 is 2.22 bits per heavy atom. The normalized spacial score (nSPS) is 19.2. The standard InChI is InChI=1S/C22H27N5O4S/c1-22(2,3)31-21(28)26-7-5-6-14(11-26)17-12-27-18(10-23-19(27)20(25-17)32-4)15-8-16(9-24-29)30-13-15/h6,9-10,12-13,16,29H,5,7-8,11H2,1-4H3/b24-9+. The maximum atomic E-state index is 12.6. The third-order valence-electron chi connectivity index (χ3n) is 5.15. The third-order valence-corrected chi connectivity index (χ3v) is 5.82. The molecule has 2 aliphatic rings. The molecule has 0 bridgehead atoms. The number of thioether (sulfide) groups is 1. The van der Waals surface area contributed by atoms with Crippen LogP contribution in [0.4, 0.5) is 4.79 Å². The van der Waals surface area contributed by atoms with Crippen molar-refractivity contribution in [2.45, 2.75) is 50.3 Å². The van der Waals surface area contributed by atoms with Gasteiger partial charge in [0, 0.05) is 24.7 Å². The maximum absolute atomic E-state index is 12.6. The summed E-state index contributed by atoms with van der Waals surface area (Å²) < 4.78 is 13.1. The molecule has 0 radical (unpaired) electrons. The summed E-state index contributed by atoms with van der Waals surface area (Å²) in [6.45, 7) is 6.65. The van der Waals surface area contributed by atoms with Gasteiger partial charge in [0.05, 0.1) is 36.6 Å². The fourth-order valence-corrected chi connectivity index (χ4v) is 4.23. The smallest absolute Gasteiger partial charge is 0.410 e. The summed E-state index contributed by atoms with van der Waals surface area (Å²) in [5.41, 5.74) is 3.84. The van der Waals surface area contributed by atoms with Crippen molar-refractivity contribution in [1.82, 2.24) is 19.3 Å². The van der Waals surface area contributed by atoms with E-state index in [-0.39, 0.29) is 12.2 Å². The number of imidazole rings is 1. The average Bonchev–Trinajstić information content (AvgIpc) is 3.39. The Bertz CT molecular complexity index is 1120. The summed E-state index contributed by atoms with van der Waals surface area (Å²) in [7, 11) is 0. The number of hydrogen-bond donors (Lipinski definition) is 1. The monoisotopic (exact) mass is 457 g/mol. The van der Waals surface area contributed by atoms with Crippen molar-refractivity contribution < 1.29 is 19.5 Å². The second kappa shape index (κ2) is 8.85. The molecule has 1 atom stereocenters. The van der Waals surface area contributed by atoms with Gasteiger partial charge in [-0.2, -0.15) is 0 Å². The quantitative estimate of drug-likeness (QED) is 0.320. The summed E-state index contributed by atoms with van der Waals surface area (Å²) in [4.78, 5) is 23.7. The van der Waals surface area contributed by atoms with E-state index in [4.69, 9.17) is 19.7 Å². The summed E-state index contributed by atoms with van der Waals surface area (Å²) >= 11 is 1.52. The Balaban J connectivity index is 1.65. The molecule has 32 heavy (non-hydrogen) atoms. The Kier molecular flexibility index (Phi) is 6.14. The molecule has 10 heteroatoms. The van der Waals surface area contributed by atoms with Crippen molar-refractivity contribution in [3.63, 3.8) is 0 Å². The topological polar surface area (TPSA) is 102 Å². The number of fused-ring (bicyclic) bond motifs is 1. The fourth-order valence-electron chi connectivity index (χ4n) is 3.71. The van der Waals surface area contributed by atoms with Gasteiger partial charge in [-0.1, -0.05) is 11.2 Å². The van der Waals surface area contributed by atoms with Crippen LogP contribution in [0.3, 0.4) is 0 Å². The minimum Gasteiger partial charge on any atom is -0.492 e. The Labute approximate surface area is 190 Å². The highest BCUT2D eigenvalue weighted by molar-refractivity contribution is 7.98. The molecular weight excluding hydrogens is 430 g/mol. The van der Waals surface area contributed by atoms with Crippen molar-refractivity contribution >= 4 is 40.9 Å². The van der Waals surface area contributed by atoms with Crippen LogP contribution < -0.4 is 0 Å². The van der Waals surface area contributed by atoms with E-state index in [9.17, 15) is 4.79 Å². The van der Waals surface area contributed by atoms with Crippen molar-refractivity contribution in [3.8, 4) is 0 Å². The number of ether oxygens (including phenoxy) is 2. The molecule has 0 spiro atoms. The number of amides is 1. The summed E-state index contributed by atoms with van der Waals surface area (Å²) in [6.07, 6.45) is 11.6.